The minimum Gasteiger partial charge on any atom is -0.322 e. The van der Waals surface area contributed by atoms with Gasteiger partial charge < -0.3 is 5.32 Å². The molecule has 0 bridgehead atoms. The molecule has 0 saturated carbocycles. The molecule has 1 aliphatic rings. The van der Waals surface area contributed by atoms with Crippen molar-refractivity contribution in [2.24, 2.45) is 7.05 Å². The fourth-order valence-corrected chi connectivity index (χ4v) is 2.97. The van der Waals surface area contributed by atoms with Gasteiger partial charge in [0.25, 0.3) is 0 Å². The van der Waals surface area contributed by atoms with E-state index in [1.807, 2.05) is 32.2 Å². The Morgan fingerprint density at radius 1 is 1.36 bits per heavy atom. The fraction of sp³-hybridized carbons (Fsp3) is 0.412. The average Bonchev–Trinajstić information content (AvgIpc) is 3.10. The zero-order valence-electron chi connectivity index (χ0n) is 13.1. The molecular weight excluding hydrogens is 276 g/mol. The molecule has 1 unspecified atom stereocenters. The standard InChI is InChI=1S/C17H22N4O/c1-13-15(11-18-20(13)2)19-17(22)16-9-6-10-21(16)12-14-7-4-3-5-8-14/h3-5,7-8,11,16H,6,9-10,12H2,1-2H3,(H,19,22). The lowest BCUT2D eigenvalue weighted by atomic mass is 10.1. The summed E-state index contributed by atoms with van der Waals surface area (Å²) in [6.45, 7) is 3.75. The number of hydrogen-bond donors (Lipinski definition) is 1. The smallest absolute Gasteiger partial charge is 0.241 e. The van der Waals surface area contributed by atoms with E-state index in [0.29, 0.717) is 0 Å². The molecule has 1 saturated heterocycles. The van der Waals surface area contributed by atoms with Gasteiger partial charge in [0, 0.05) is 13.6 Å². The first-order valence-corrected chi connectivity index (χ1v) is 7.72. The predicted octanol–water partition coefficient (Wildman–Crippen LogP) is 2.33. The van der Waals surface area contributed by atoms with Crippen molar-refractivity contribution in [2.75, 3.05) is 11.9 Å². The number of rotatable bonds is 4. The second-order valence-corrected chi connectivity index (χ2v) is 5.87. The Bertz CT molecular complexity index is 650. The molecule has 116 valence electrons. The summed E-state index contributed by atoms with van der Waals surface area (Å²) in [4.78, 5) is 14.8. The summed E-state index contributed by atoms with van der Waals surface area (Å²) >= 11 is 0. The first-order chi connectivity index (χ1) is 10.6. The van der Waals surface area contributed by atoms with Crippen molar-refractivity contribution >= 4 is 11.6 Å². The largest absolute Gasteiger partial charge is 0.322 e. The van der Waals surface area contributed by atoms with Crippen molar-refractivity contribution in [1.82, 2.24) is 14.7 Å². The molecule has 0 radical (unpaired) electrons. The van der Waals surface area contributed by atoms with Crippen molar-refractivity contribution in [3.63, 3.8) is 0 Å². The topological polar surface area (TPSA) is 50.2 Å². The third-order valence-corrected chi connectivity index (χ3v) is 4.39. The molecule has 1 aliphatic heterocycles. The van der Waals surface area contributed by atoms with Gasteiger partial charge in [0.2, 0.25) is 5.91 Å². The molecule has 2 aromatic rings. The number of amides is 1. The van der Waals surface area contributed by atoms with Crippen LogP contribution in [0.4, 0.5) is 5.69 Å². The van der Waals surface area contributed by atoms with Gasteiger partial charge in [-0.25, -0.2) is 0 Å². The summed E-state index contributed by atoms with van der Waals surface area (Å²) in [7, 11) is 1.88. The number of carbonyl (C=O) groups is 1. The molecule has 0 spiro atoms. The Morgan fingerprint density at radius 2 is 2.14 bits per heavy atom. The maximum atomic E-state index is 12.6. The molecule has 5 nitrogen and oxygen atoms in total. The van der Waals surface area contributed by atoms with E-state index < -0.39 is 0 Å². The van der Waals surface area contributed by atoms with Gasteiger partial charge in [-0.2, -0.15) is 5.10 Å². The summed E-state index contributed by atoms with van der Waals surface area (Å²) in [6, 6.07) is 10.3. The first-order valence-electron chi connectivity index (χ1n) is 7.72. The summed E-state index contributed by atoms with van der Waals surface area (Å²) in [5.41, 5.74) is 3.03. The van der Waals surface area contributed by atoms with Crippen molar-refractivity contribution in [3.8, 4) is 0 Å². The number of carbonyl (C=O) groups excluding carboxylic acids is 1. The van der Waals surface area contributed by atoms with E-state index in [4.69, 9.17) is 0 Å². The van der Waals surface area contributed by atoms with Crippen molar-refractivity contribution in [2.45, 2.75) is 32.4 Å². The normalized spacial score (nSPS) is 18.5. The Labute approximate surface area is 130 Å². The zero-order valence-corrected chi connectivity index (χ0v) is 13.1. The number of anilines is 1. The van der Waals surface area contributed by atoms with Crippen LogP contribution in [-0.2, 0) is 18.4 Å². The maximum Gasteiger partial charge on any atom is 0.241 e. The average molecular weight is 298 g/mol. The highest BCUT2D eigenvalue weighted by Crippen LogP contribution is 2.22. The fourth-order valence-electron chi connectivity index (χ4n) is 2.97. The SMILES string of the molecule is Cc1c(NC(=O)C2CCCN2Cc2ccccc2)cnn1C. The molecule has 1 aromatic heterocycles. The van der Waals surface area contributed by atoms with E-state index in [2.05, 4.69) is 27.4 Å². The Balaban J connectivity index is 1.67. The van der Waals surface area contributed by atoms with E-state index in [-0.39, 0.29) is 11.9 Å². The molecule has 5 heteroatoms. The first kappa shape index (κ1) is 14.8. The summed E-state index contributed by atoms with van der Waals surface area (Å²) in [5, 5.41) is 7.20. The second-order valence-electron chi connectivity index (χ2n) is 5.87. The van der Waals surface area contributed by atoms with E-state index in [9.17, 15) is 4.79 Å². The number of hydrogen-bond acceptors (Lipinski definition) is 3. The Hall–Kier alpha value is -2.14. The van der Waals surface area contributed by atoms with Gasteiger partial charge in [-0.1, -0.05) is 30.3 Å². The minimum atomic E-state index is -0.0557. The van der Waals surface area contributed by atoms with Crippen LogP contribution in [0.25, 0.3) is 0 Å². The third kappa shape index (κ3) is 3.04. The van der Waals surface area contributed by atoms with Gasteiger partial charge in [0.1, 0.15) is 0 Å². The van der Waals surface area contributed by atoms with Crippen LogP contribution < -0.4 is 5.32 Å². The quantitative estimate of drug-likeness (QED) is 0.942. The van der Waals surface area contributed by atoms with Crippen LogP contribution in [0.3, 0.4) is 0 Å². The van der Waals surface area contributed by atoms with Crippen molar-refractivity contribution in [3.05, 3.63) is 47.8 Å². The lowest BCUT2D eigenvalue weighted by Crippen LogP contribution is -2.39. The number of nitrogens with zero attached hydrogens (tertiary/aromatic N) is 3. The Kier molecular flexibility index (Phi) is 4.24. The lowest BCUT2D eigenvalue weighted by Gasteiger charge is -2.23. The van der Waals surface area contributed by atoms with Gasteiger partial charge in [0.15, 0.2) is 0 Å². The van der Waals surface area contributed by atoms with E-state index in [1.165, 1.54) is 5.56 Å². The summed E-state index contributed by atoms with van der Waals surface area (Å²) in [5.74, 6) is 0.0736. The molecule has 1 atom stereocenters. The number of aromatic nitrogens is 2. The zero-order chi connectivity index (χ0) is 15.5. The molecule has 2 heterocycles. The lowest BCUT2D eigenvalue weighted by molar-refractivity contribution is -0.120. The molecule has 22 heavy (non-hydrogen) atoms. The molecule has 1 N–H and O–H groups in total. The summed E-state index contributed by atoms with van der Waals surface area (Å²) < 4.78 is 1.77. The molecule has 1 fully saturated rings. The van der Waals surface area contributed by atoms with Gasteiger partial charge in [0.05, 0.1) is 23.6 Å². The third-order valence-electron chi connectivity index (χ3n) is 4.39. The maximum absolute atomic E-state index is 12.6. The van der Waals surface area contributed by atoms with E-state index in [0.717, 1.165) is 37.3 Å². The molecular formula is C17H22N4O. The van der Waals surface area contributed by atoms with Gasteiger partial charge in [-0.15, -0.1) is 0 Å². The highest BCUT2D eigenvalue weighted by Gasteiger charge is 2.31. The van der Waals surface area contributed by atoms with Crippen molar-refractivity contribution < 1.29 is 4.79 Å². The van der Waals surface area contributed by atoms with E-state index >= 15 is 0 Å². The minimum absolute atomic E-state index is 0.0557. The number of benzene rings is 1. The van der Waals surface area contributed by atoms with Gasteiger partial charge in [-0.3, -0.25) is 14.4 Å². The van der Waals surface area contributed by atoms with Crippen LogP contribution in [-0.4, -0.2) is 33.2 Å². The van der Waals surface area contributed by atoms with Crippen LogP contribution in [0.5, 0.6) is 0 Å². The van der Waals surface area contributed by atoms with Gasteiger partial charge >= 0.3 is 0 Å². The number of aryl methyl sites for hydroxylation is 1. The van der Waals surface area contributed by atoms with Crippen LogP contribution in [0, 0.1) is 6.92 Å². The highest BCUT2D eigenvalue weighted by atomic mass is 16.2. The number of nitrogens with one attached hydrogen (secondary N) is 1. The van der Waals surface area contributed by atoms with Gasteiger partial charge in [-0.05, 0) is 31.9 Å². The monoisotopic (exact) mass is 298 g/mol. The van der Waals surface area contributed by atoms with Crippen LogP contribution in [0.2, 0.25) is 0 Å². The highest BCUT2D eigenvalue weighted by molar-refractivity contribution is 5.95. The molecule has 0 aliphatic carbocycles. The van der Waals surface area contributed by atoms with Crippen molar-refractivity contribution in [1.29, 1.82) is 0 Å². The van der Waals surface area contributed by atoms with Crippen LogP contribution >= 0.6 is 0 Å². The second kappa shape index (κ2) is 6.32. The predicted molar refractivity (Wildman–Crippen MR) is 86.4 cm³/mol. The van der Waals surface area contributed by atoms with E-state index in [1.54, 1.807) is 10.9 Å². The van der Waals surface area contributed by atoms with Crippen LogP contribution in [0.15, 0.2) is 36.5 Å². The molecule has 1 aromatic carbocycles. The molecule has 1 amide bonds. The summed E-state index contributed by atoms with van der Waals surface area (Å²) in [6.07, 6.45) is 3.69. The van der Waals surface area contributed by atoms with Crippen LogP contribution in [0.1, 0.15) is 24.1 Å². The number of likely N-dealkylation sites (tertiary alicyclic amines) is 1. The Morgan fingerprint density at radius 3 is 2.82 bits per heavy atom. The molecule has 3 rings (SSSR count).